The first-order valence-corrected chi connectivity index (χ1v) is 8.04. The summed E-state index contributed by atoms with van der Waals surface area (Å²) in [6, 6.07) is 26.8. The second-order valence-corrected chi connectivity index (χ2v) is 5.49. The van der Waals surface area contributed by atoms with E-state index in [4.69, 9.17) is 4.74 Å². The van der Waals surface area contributed by atoms with Gasteiger partial charge in [0.15, 0.2) is 0 Å². The second-order valence-electron chi connectivity index (χ2n) is 5.49. The van der Waals surface area contributed by atoms with Crippen LogP contribution in [0, 0.1) is 0 Å². The molecule has 0 aliphatic carbocycles. The average molecular weight is 329 g/mol. The summed E-state index contributed by atoms with van der Waals surface area (Å²) < 4.78 is 5.32. The van der Waals surface area contributed by atoms with Crippen molar-refractivity contribution in [2.24, 2.45) is 0 Å². The van der Waals surface area contributed by atoms with E-state index in [1.54, 1.807) is 7.11 Å². The third-order valence-corrected chi connectivity index (χ3v) is 3.80. The van der Waals surface area contributed by atoms with Crippen LogP contribution >= 0.6 is 0 Å². The van der Waals surface area contributed by atoms with Crippen molar-refractivity contribution in [2.45, 2.75) is 0 Å². The fourth-order valence-corrected chi connectivity index (χ4v) is 2.55. The Balaban J connectivity index is 1.97. The Kier molecular flexibility index (Phi) is 5.27. The molecule has 3 heteroatoms. The molecule has 0 unspecified atom stereocenters. The Hall–Kier alpha value is -3.33. The summed E-state index contributed by atoms with van der Waals surface area (Å²) in [7, 11) is 1.59. The van der Waals surface area contributed by atoms with Gasteiger partial charge in [0.05, 0.1) is 12.8 Å². The Morgan fingerprint density at radius 2 is 1.44 bits per heavy atom. The molecule has 0 radical (unpaired) electrons. The average Bonchev–Trinajstić information content (AvgIpc) is 2.68. The van der Waals surface area contributed by atoms with Crippen molar-refractivity contribution >= 4 is 23.2 Å². The molecule has 0 atom stereocenters. The van der Waals surface area contributed by atoms with Crippen LogP contribution in [-0.2, 0) is 4.79 Å². The van der Waals surface area contributed by atoms with Gasteiger partial charge in [-0.1, -0.05) is 72.8 Å². The molecular formula is C22H19NO2. The second kappa shape index (κ2) is 7.97. The third-order valence-electron chi connectivity index (χ3n) is 3.80. The summed E-state index contributed by atoms with van der Waals surface area (Å²) in [5.41, 5.74) is 3.07. The highest BCUT2D eigenvalue weighted by atomic mass is 16.5. The van der Waals surface area contributed by atoms with Gasteiger partial charge in [0.1, 0.15) is 5.75 Å². The lowest BCUT2D eigenvalue weighted by molar-refractivity contribution is -0.111. The number of benzene rings is 3. The van der Waals surface area contributed by atoms with E-state index in [2.05, 4.69) is 5.32 Å². The van der Waals surface area contributed by atoms with E-state index >= 15 is 0 Å². The maximum absolute atomic E-state index is 13.0. The fourth-order valence-electron chi connectivity index (χ4n) is 2.55. The number of hydrogen-bond donors (Lipinski definition) is 1. The molecule has 3 rings (SSSR count). The molecule has 0 bridgehead atoms. The van der Waals surface area contributed by atoms with Gasteiger partial charge in [-0.3, -0.25) is 4.79 Å². The van der Waals surface area contributed by atoms with Gasteiger partial charge in [-0.05, 0) is 29.3 Å². The van der Waals surface area contributed by atoms with Crippen molar-refractivity contribution in [1.82, 2.24) is 0 Å². The van der Waals surface area contributed by atoms with Crippen LogP contribution in [0.5, 0.6) is 5.75 Å². The number of amides is 1. The molecule has 1 N–H and O–H groups in total. The Morgan fingerprint density at radius 1 is 0.840 bits per heavy atom. The number of carbonyl (C=O) groups excluding carboxylic acids is 1. The first-order chi connectivity index (χ1) is 12.3. The van der Waals surface area contributed by atoms with Gasteiger partial charge in [-0.25, -0.2) is 0 Å². The quantitative estimate of drug-likeness (QED) is 0.535. The molecule has 0 aromatic heterocycles. The SMILES string of the molecule is COc1ccccc1NC(=O)C(=Cc1ccccc1)c1ccccc1. The minimum Gasteiger partial charge on any atom is -0.495 e. The number of methoxy groups -OCH3 is 1. The van der Waals surface area contributed by atoms with Crippen LogP contribution in [0.2, 0.25) is 0 Å². The number of rotatable bonds is 5. The number of nitrogens with one attached hydrogen (secondary N) is 1. The molecule has 0 aliphatic heterocycles. The molecule has 25 heavy (non-hydrogen) atoms. The van der Waals surface area contributed by atoms with Gasteiger partial charge in [0, 0.05) is 5.57 Å². The first-order valence-electron chi connectivity index (χ1n) is 8.04. The number of carbonyl (C=O) groups is 1. The van der Waals surface area contributed by atoms with Crippen molar-refractivity contribution in [2.75, 3.05) is 12.4 Å². The van der Waals surface area contributed by atoms with Gasteiger partial charge in [0.25, 0.3) is 5.91 Å². The molecule has 0 fully saturated rings. The number of para-hydroxylation sites is 2. The lowest BCUT2D eigenvalue weighted by Gasteiger charge is -2.12. The molecule has 1 amide bonds. The molecular weight excluding hydrogens is 310 g/mol. The van der Waals surface area contributed by atoms with Gasteiger partial charge >= 0.3 is 0 Å². The summed E-state index contributed by atoms with van der Waals surface area (Å²) in [4.78, 5) is 13.0. The lowest BCUT2D eigenvalue weighted by atomic mass is 10.0. The molecule has 124 valence electrons. The minimum absolute atomic E-state index is 0.181. The van der Waals surface area contributed by atoms with Crippen molar-refractivity contribution in [1.29, 1.82) is 0 Å². The van der Waals surface area contributed by atoms with E-state index in [-0.39, 0.29) is 5.91 Å². The normalized spacial score (nSPS) is 11.0. The van der Waals surface area contributed by atoms with Crippen LogP contribution in [0.1, 0.15) is 11.1 Å². The molecule has 3 aromatic rings. The van der Waals surface area contributed by atoms with Gasteiger partial charge in [0.2, 0.25) is 0 Å². The summed E-state index contributed by atoms with van der Waals surface area (Å²) in [5, 5.41) is 2.95. The third kappa shape index (κ3) is 4.15. The van der Waals surface area contributed by atoms with Crippen molar-refractivity contribution < 1.29 is 9.53 Å². The molecule has 0 saturated carbocycles. The van der Waals surface area contributed by atoms with Crippen molar-refractivity contribution in [3.05, 3.63) is 96.1 Å². The standard InChI is InChI=1S/C22H19NO2/c1-25-21-15-9-8-14-20(21)23-22(24)19(18-12-6-3-7-13-18)16-17-10-4-2-5-11-17/h2-16H,1H3,(H,23,24). The minimum atomic E-state index is -0.181. The Bertz CT molecular complexity index is 871. The summed E-state index contributed by atoms with van der Waals surface area (Å²) in [6.07, 6.45) is 1.89. The maximum Gasteiger partial charge on any atom is 0.256 e. The van der Waals surface area contributed by atoms with Crippen molar-refractivity contribution in [3.63, 3.8) is 0 Å². The van der Waals surface area contributed by atoms with Crippen LogP contribution in [0.4, 0.5) is 5.69 Å². The first kappa shape index (κ1) is 16.5. The van der Waals surface area contributed by atoms with Crippen molar-refractivity contribution in [3.8, 4) is 5.75 Å². The van der Waals surface area contributed by atoms with E-state index < -0.39 is 0 Å². The van der Waals surface area contributed by atoms with E-state index in [0.717, 1.165) is 11.1 Å². The smallest absolute Gasteiger partial charge is 0.256 e. The lowest BCUT2D eigenvalue weighted by Crippen LogP contribution is -2.14. The van der Waals surface area contributed by atoms with Crippen LogP contribution in [0.15, 0.2) is 84.9 Å². The van der Waals surface area contributed by atoms with Gasteiger partial charge in [-0.15, -0.1) is 0 Å². The predicted molar refractivity (Wildman–Crippen MR) is 102 cm³/mol. The molecule has 3 nitrogen and oxygen atoms in total. The topological polar surface area (TPSA) is 38.3 Å². The monoisotopic (exact) mass is 329 g/mol. The Labute approximate surface area is 147 Å². The van der Waals surface area contributed by atoms with Gasteiger partial charge < -0.3 is 10.1 Å². The highest BCUT2D eigenvalue weighted by Crippen LogP contribution is 2.26. The van der Waals surface area contributed by atoms with Crippen LogP contribution in [-0.4, -0.2) is 13.0 Å². The van der Waals surface area contributed by atoms with Crippen LogP contribution in [0.3, 0.4) is 0 Å². The highest BCUT2D eigenvalue weighted by Gasteiger charge is 2.14. The van der Waals surface area contributed by atoms with E-state index in [1.165, 1.54) is 0 Å². The van der Waals surface area contributed by atoms with E-state index in [1.807, 2.05) is 91.0 Å². The van der Waals surface area contributed by atoms with Crippen LogP contribution < -0.4 is 10.1 Å². The summed E-state index contributed by atoms with van der Waals surface area (Å²) >= 11 is 0. The zero-order valence-corrected chi connectivity index (χ0v) is 14.0. The van der Waals surface area contributed by atoms with Crippen LogP contribution in [0.25, 0.3) is 11.6 Å². The number of ether oxygens (including phenoxy) is 1. The zero-order chi connectivity index (χ0) is 17.5. The maximum atomic E-state index is 13.0. The summed E-state index contributed by atoms with van der Waals surface area (Å²) in [5.74, 6) is 0.447. The highest BCUT2D eigenvalue weighted by molar-refractivity contribution is 6.29. The summed E-state index contributed by atoms with van der Waals surface area (Å²) in [6.45, 7) is 0. The van der Waals surface area contributed by atoms with E-state index in [0.29, 0.717) is 17.0 Å². The zero-order valence-electron chi connectivity index (χ0n) is 14.0. The molecule has 0 aliphatic rings. The van der Waals surface area contributed by atoms with E-state index in [9.17, 15) is 4.79 Å². The molecule has 3 aromatic carbocycles. The Morgan fingerprint density at radius 3 is 2.12 bits per heavy atom. The predicted octanol–water partition coefficient (Wildman–Crippen LogP) is 4.87. The molecule has 0 saturated heterocycles. The molecule has 0 spiro atoms. The number of hydrogen-bond acceptors (Lipinski definition) is 2. The number of anilines is 1. The largest absolute Gasteiger partial charge is 0.495 e. The molecule has 0 heterocycles. The fraction of sp³-hybridized carbons (Fsp3) is 0.0455. The van der Waals surface area contributed by atoms with Gasteiger partial charge in [-0.2, -0.15) is 0 Å².